The van der Waals surface area contributed by atoms with Gasteiger partial charge in [0, 0.05) is 0 Å². The van der Waals surface area contributed by atoms with Crippen molar-refractivity contribution >= 4 is 27.3 Å². The minimum absolute atomic E-state index is 0.152. The summed E-state index contributed by atoms with van der Waals surface area (Å²) in [5.74, 6) is 1.10. The van der Waals surface area contributed by atoms with Crippen molar-refractivity contribution in [3.05, 3.63) is 51.8 Å². The molecule has 102 valence electrons. The fourth-order valence-corrected chi connectivity index (χ4v) is 2.66. The number of thiophene rings is 1. The maximum atomic E-state index is 12.9. The van der Waals surface area contributed by atoms with Gasteiger partial charge in [0.25, 0.3) is 5.89 Å². The molecule has 3 aromatic rings. The van der Waals surface area contributed by atoms with Crippen LogP contribution < -0.4 is 4.74 Å². The van der Waals surface area contributed by atoms with Gasteiger partial charge in [0.1, 0.15) is 11.6 Å². The van der Waals surface area contributed by atoms with Crippen LogP contribution >= 0.6 is 27.3 Å². The first kappa shape index (κ1) is 13.3. The minimum Gasteiger partial charge on any atom is -0.484 e. The Labute approximate surface area is 126 Å². The van der Waals surface area contributed by atoms with Gasteiger partial charge in [-0.1, -0.05) is 11.2 Å². The van der Waals surface area contributed by atoms with Crippen molar-refractivity contribution in [3.63, 3.8) is 0 Å². The number of rotatable bonds is 4. The molecule has 0 fully saturated rings. The van der Waals surface area contributed by atoms with E-state index in [0.717, 1.165) is 4.88 Å². The quantitative estimate of drug-likeness (QED) is 0.701. The van der Waals surface area contributed by atoms with E-state index in [2.05, 4.69) is 26.1 Å². The Morgan fingerprint density at radius 3 is 3.00 bits per heavy atom. The van der Waals surface area contributed by atoms with Crippen LogP contribution in [0.4, 0.5) is 4.39 Å². The third-order valence-electron chi connectivity index (χ3n) is 2.45. The van der Waals surface area contributed by atoms with Crippen molar-refractivity contribution in [1.29, 1.82) is 0 Å². The highest BCUT2D eigenvalue weighted by Gasteiger charge is 2.11. The molecule has 0 aliphatic carbocycles. The molecule has 0 unspecified atom stereocenters. The summed E-state index contributed by atoms with van der Waals surface area (Å²) >= 11 is 4.75. The van der Waals surface area contributed by atoms with Gasteiger partial charge in [-0.3, -0.25) is 0 Å². The maximum Gasteiger partial charge on any atom is 0.268 e. The Morgan fingerprint density at radius 2 is 2.25 bits per heavy atom. The van der Waals surface area contributed by atoms with Crippen LogP contribution in [-0.2, 0) is 6.61 Å². The summed E-state index contributed by atoms with van der Waals surface area (Å²) in [7, 11) is 0. The Kier molecular flexibility index (Phi) is 3.79. The minimum atomic E-state index is -0.330. The molecule has 0 saturated heterocycles. The van der Waals surface area contributed by atoms with Gasteiger partial charge >= 0.3 is 0 Å². The van der Waals surface area contributed by atoms with Crippen LogP contribution in [0.5, 0.6) is 5.75 Å². The van der Waals surface area contributed by atoms with Crippen molar-refractivity contribution in [2.75, 3.05) is 0 Å². The summed E-state index contributed by atoms with van der Waals surface area (Å²) in [5, 5.41) is 5.78. The van der Waals surface area contributed by atoms with Gasteiger partial charge in [0.05, 0.1) is 9.35 Å². The zero-order valence-electron chi connectivity index (χ0n) is 10.0. The number of aromatic nitrogens is 2. The maximum absolute atomic E-state index is 12.9. The lowest BCUT2D eigenvalue weighted by atomic mass is 10.3. The summed E-state index contributed by atoms with van der Waals surface area (Å²) in [6.07, 6.45) is 0. The van der Waals surface area contributed by atoms with E-state index in [4.69, 9.17) is 9.26 Å². The van der Waals surface area contributed by atoms with Crippen LogP contribution in [0.3, 0.4) is 0 Å². The van der Waals surface area contributed by atoms with Crippen LogP contribution in [0.1, 0.15) is 5.82 Å². The summed E-state index contributed by atoms with van der Waals surface area (Å²) in [6.45, 7) is 0.152. The predicted octanol–water partition coefficient (Wildman–Crippen LogP) is 4.28. The lowest BCUT2D eigenvalue weighted by molar-refractivity contribution is 0.285. The van der Waals surface area contributed by atoms with E-state index in [1.165, 1.54) is 23.5 Å². The third-order valence-corrected chi connectivity index (χ3v) is 3.93. The van der Waals surface area contributed by atoms with E-state index in [1.54, 1.807) is 6.07 Å². The van der Waals surface area contributed by atoms with Gasteiger partial charge in [-0.25, -0.2) is 4.39 Å². The monoisotopic (exact) mass is 354 g/mol. The van der Waals surface area contributed by atoms with Crippen LogP contribution in [0.15, 0.2) is 44.7 Å². The Hall–Kier alpha value is -1.73. The van der Waals surface area contributed by atoms with Gasteiger partial charge in [-0.2, -0.15) is 4.98 Å². The zero-order valence-corrected chi connectivity index (χ0v) is 12.4. The van der Waals surface area contributed by atoms with Crippen molar-refractivity contribution in [1.82, 2.24) is 10.1 Å². The molecule has 0 aliphatic heterocycles. The van der Waals surface area contributed by atoms with E-state index in [-0.39, 0.29) is 12.4 Å². The molecule has 0 saturated carbocycles. The highest BCUT2D eigenvalue weighted by molar-refractivity contribution is 9.10. The zero-order chi connectivity index (χ0) is 13.9. The number of nitrogens with zero attached hydrogens (tertiary/aromatic N) is 2. The largest absolute Gasteiger partial charge is 0.484 e. The van der Waals surface area contributed by atoms with Crippen LogP contribution in [-0.4, -0.2) is 10.1 Å². The van der Waals surface area contributed by atoms with E-state index in [9.17, 15) is 4.39 Å². The van der Waals surface area contributed by atoms with E-state index in [1.807, 2.05) is 17.5 Å². The number of halogens is 2. The molecule has 0 aliphatic rings. The van der Waals surface area contributed by atoms with Gasteiger partial charge in [0.2, 0.25) is 5.82 Å². The second-order valence-electron chi connectivity index (χ2n) is 3.86. The molecule has 20 heavy (non-hydrogen) atoms. The summed E-state index contributed by atoms with van der Waals surface area (Å²) in [6, 6.07) is 8.02. The van der Waals surface area contributed by atoms with Crippen LogP contribution in [0.25, 0.3) is 10.8 Å². The molecular formula is C13H8BrFN2O2S. The summed E-state index contributed by atoms with van der Waals surface area (Å²) in [5.41, 5.74) is 0. The normalized spacial score (nSPS) is 10.7. The SMILES string of the molecule is Fc1ccc(OCc2noc(-c3cccs3)n2)c(Br)c1. The Balaban J connectivity index is 1.70. The number of ether oxygens (including phenoxy) is 1. The van der Waals surface area contributed by atoms with Crippen molar-refractivity contribution in [3.8, 4) is 16.5 Å². The van der Waals surface area contributed by atoms with Crippen molar-refractivity contribution in [2.45, 2.75) is 6.61 Å². The topological polar surface area (TPSA) is 48.2 Å². The molecule has 7 heteroatoms. The standard InChI is InChI=1S/C13H8BrFN2O2S/c14-9-6-8(15)3-4-10(9)18-7-12-16-13(19-17-12)11-2-1-5-20-11/h1-6H,7H2. The van der Waals surface area contributed by atoms with Gasteiger partial charge in [-0.05, 0) is 45.6 Å². The van der Waals surface area contributed by atoms with Crippen LogP contribution in [0.2, 0.25) is 0 Å². The number of hydrogen-bond acceptors (Lipinski definition) is 5. The molecule has 0 atom stereocenters. The number of hydrogen-bond donors (Lipinski definition) is 0. The fourth-order valence-electron chi connectivity index (χ4n) is 1.55. The molecule has 0 radical (unpaired) electrons. The molecule has 4 nitrogen and oxygen atoms in total. The molecule has 0 spiro atoms. The lowest BCUT2D eigenvalue weighted by Crippen LogP contribution is -1.98. The summed E-state index contributed by atoms with van der Waals surface area (Å²) < 4.78 is 24.1. The molecule has 0 amide bonds. The van der Waals surface area contributed by atoms with E-state index < -0.39 is 0 Å². The van der Waals surface area contributed by atoms with E-state index in [0.29, 0.717) is 21.9 Å². The molecule has 2 heterocycles. The first-order valence-electron chi connectivity index (χ1n) is 5.67. The first-order valence-corrected chi connectivity index (χ1v) is 7.34. The van der Waals surface area contributed by atoms with Gasteiger partial charge < -0.3 is 9.26 Å². The highest BCUT2D eigenvalue weighted by Crippen LogP contribution is 2.26. The van der Waals surface area contributed by atoms with Crippen molar-refractivity contribution in [2.24, 2.45) is 0 Å². The Morgan fingerprint density at radius 1 is 1.35 bits per heavy atom. The smallest absolute Gasteiger partial charge is 0.268 e. The highest BCUT2D eigenvalue weighted by atomic mass is 79.9. The molecule has 0 bridgehead atoms. The molecular weight excluding hydrogens is 347 g/mol. The van der Waals surface area contributed by atoms with E-state index >= 15 is 0 Å². The second-order valence-corrected chi connectivity index (χ2v) is 5.66. The Bertz CT molecular complexity index is 715. The van der Waals surface area contributed by atoms with Crippen molar-refractivity contribution < 1.29 is 13.7 Å². The first-order chi connectivity index (χ1) is 9.72. The average molecular weight is 355 g/mol. The van der Waals surface area contributed by atoms with Crippen LogP contribution in [0, 0.1) is 5.82 Å². The second kappa shape index (κ2) is 5.72. The summed E-state index contributed by atoms with van der Waals surface area (Å²) in [4.78, 5) is 5.14. The lowest BCUT2D eigenvalue weighted by Gasteiger charge is -2.05. The molecule has 1 aromatic carbocycles. The van der Waals surface area contributed by atoms with Gasteiger partial charge in [-0.15, -0.1) is 11.3 Å². The number of benzene rings is 1. The fraction of sp³-hybridized carbons (Fsp3) is 0.0769. The van der Waals surface area contributed by atoms with Gasteiger partial charge in [0.15, 0.2) is 6.61 Å². The molecule has 3 rings (SSSR count). The predicted molar refractivity (Wildman–Crippen MR) is 76.0 cm³/mol. The molecule has 2 aromatic heterocycles. The molecule has 0 N–H and O–H groups in total. The average Bonchev–Trinajstić information content (AvgIpc) is 3.08. The third kappa shape index (κ3) is 2.88.